The third-order valence-electron chi connectivity index (χ3n) is 3.09. The van der Waals surface area contributed by atoms with Gasteiger partial charge in [0.1, 0.15) is 0 Å². The van der Waals surface area contributed by atoms with Gasteiger partial charge in [-0.2, -0.15) is 5.10 Å². The summed E-state index contributed by atoms with van der Waals surface area (Å²) >= 11 is 1.58. The van der Waals surface area contributed by atoms with Crippen molar-refractivity contribution in [3.8, 4) is 0 Å². The molecule has 2 N–H and O–H groups in total. The first-order chi connectivity index (χ1) is 9.79. The van der Waals surface area contributed by atoms with Crippen molar-refractivity contribution in [2.45, 2.75) is 32.7 Å². The molecule has 0 aliphatic heterocycles. The Morgan fingerprint density at radius 2 is 2.14 bits per heavy atom. The molecule has 0 saturated heterocycles. The largest absolute Gasteiger partial charge is 0.479 e. The number of carboxylic acid groups (broad SMARTS) is 1. The Bertz CT molecular complexity index is 673. The zero-order chi connectivity index (χ0) is 15.6. The maximum atomic E-state index is 11.9. The first-order valence-corrected chi connectivity index (χ1v) is 7.24. The number of aromatic nitrogens is 2. The summed E-state index contributed by atoms with van der Waals surface area (Å²) in [6, 6.07) is 3.90. The highest BCUT2D eigenvalue weighted by molar-refractivity contribution is 7.12. The monoisotopic (exact) mass is 307 g/mol. The average molecular weight is 307 g/mol. The maximum Gasteiger partial charge on any atom is 0.331 e. The standard InChI is InChI=1S/C14H17N3O3S/c1-9-4-5-11(21-9)6-12(18)16-10-7-15-17(8-10)14(2,3)13(19)20/h4-5,7-8H,6H2,1-3H3,(H,16,18)(H,19,20). The zero-order valence-corrected chi connectivity index (χ0v) is 12.9. The summed E-state index contributed by atoms with van der Waals surface area (Å²) in [5, 5.41) is 15.9. The molecule has 0 saturated carbocycles. The lowest BCUT2D eigenvalue weighted by Gasteiger charge is -2.19. The number of thiophene rings is 1. The second kappa shape index (κ2) is 5.69. The molecule has 0 bridgehead atoms. The van der Waals surface area contributed by atoms with Gasteiger partial charge in [-0.1, -0.05) is 0 Å². The fourth-order valence-electron chi connectivity index (χ4n) is 1.73. The highest BCUT2D eigenvalue weighted by Gasteiger charge is 2.30. The first kappa shape index (κ1) is 15.2. The number of carbonyl (C=O) groups excluding carboxylic acids is 1. The Balaban J connectivity index is 2.02. The van der Waals surface area contributed by atoms with E-state index in [0.29, 0.717) is 12.1 Å². The minimum Gasteiger partial charge on any atom is -0.479 e. The van der Waals surface area contributed by atoms with Crippen molar-refractivity contribution in [3.63, 3.8) is 0 Å². The van der Waals surface area contributed by atoms with Crippen LogP contribution in [0.15, 0.2) is 24.5 Å². The van der Waals surface area contributed by atoms with Gasteiger partial charge in [0.05, 0.1) is 18.3 Å². The molecule has 0 radical (unpaired) electrons. The number of aliphatic carboxylic acids is 1. The fourth-order valence-corrected chi connectivity index (χ4v) is 2.62. The molecular formula is C14H17N3O3S. The lowest BCUT2D eigenvalue weighted by Crippen LogP contribution is -2.35. The Kier molecular flexibility index (Phi) is 4.13. The Morgan fingerprint density at radius 3 is 2.71 bits per heavy atom. The molecule has 2 aromatic rings. The highest BCUT2D eigenvalue weighted by Crippen LogP contribution is 2.19. The molecule has 7 heteroatoms. The van der Waals surface area contributed by atoms with Gasteiger partial charge in [-0.05, 0) is 32.9 Å². The predicted molar refractivity (Wildman–Crippen MR) is 80.6 cm³/mol. The van der Waals surface area contributed by atoms with Gasteiger partial charge in [-0.3, -0.25) is 9.48 Å². The maximum absolute atomic E-state index is 11.9. The van der Waals surface area contributed by atoms with Crippen LogP contribution in [0.3, 0.4) is 0 Å². The number of aryl methyl sites for hydroxylation is 1. The van der Waals surface area contributed by atoms with E-state index in [2.05, 4.69) is 10.4 Å². The molecule has 2 rings (SSSR count). The molecule has 0 unspecified atom stereocenters. The van der Waals surface area contributed by atoms with E-state index in [1.165, 1.54) is 17.1 Å². The minimum atomic E-state index is -1.16. The summed E-state index contributed by atoms with van der Waals surface area (Å²) in [6.45, 7) is 5.08. The van der Waals surface area contributed by atoms with E-state index in [9.17, 15) is 9.59 Å². The minimum absolute atomic E-state index is 0.149. The number of nitrogens with one attached hydrogen (secondary N) is 1. The van der Waals surface area contributed by atoms with Crippen molar-refractivity contribution < 1.29 is 14.7 Å². The van der Waals surface area contributed by atoms with Crippen LogP contribution in [0.5, 0.6) is 0 Å². The molecule has 112 valence electrons. The summed E-state index contributed by atoms with van der Waals surface area (Å²) < 4.78 is 1.32. The number of carbonyl (C=O) groups is 2. The van der Waals surface area contributed by atoms with E-state index < -0.39 is 11.5 Å². The van der Waals surface area contributed by atoms with Gasteiger partial charge in [0, 0.05) is 16.0 Å². The predicted octanol–water partition coefficient (Wildman–Crippen LogP) is 2.25. The Hall–Kier alpha value is -2.15. The van der Waals surface area contributed by atoms with Gasteiger partial charge >= 0.3 is 5.97 Å². The molecular weight excluding hydrogens is 290 g/mol. The van der Waals surface area contributed by atoms with Crippen LogP contribution in [0.25, 0.3) is 0 Å². The van der Waals surface area contributed by atoms with Crippen LogP contribution in [0, 0.1) is 6.92 Å². The highest BCUT2D eigenvalue weighted by atomic mass is 32.1. The molecule has 0 aliphatic rings. The summed E-state index contributed by atoms with van der Waals surface area (Å²) in [5.41, 5.74) is -0.670. The molecule has 21 heavy (non-hydrogen) atoms. The lowest BCUT2D eigenvalue weighted by atomic mass is 10.1. The van der Waals surface area contributed by atoms with Crippen molar-refractivity contribution in [1.29, 1.82) is 0 Å². The van der Waals surface area contributed by atoms with Gasteiger partial charge in [-0.15, -0.1) is 11.3 Å². The van der Waals surface area contributed by atoms with E-state index >= 15 is 0 Å². The van der Waals surface area contributed by atoms with Crippen LogP contribution in [0.1, 0.15) is 23.6 Å². The second-order valence-corrected chi connectivity index (χ2v) is 6.65. The van der Waals surface area contributed by atoms with Crippen LogP contribution >= 0.6 is 11.3 Å². The van der Waals surface area contributed by atoms with Gasteiger partial charge in [0.15, 0.2) is 5.54 Å². The molecule has 2 aromatic heterocycles. The smallest absolute Gasteiger partial charge is 0.331 e. The Morgan fingerprint density at radius 1 is 1.43 bits per heavy atom. The molecule has 2 heterocycles. The van der Waals surface area contributed by atoms with Crippen LogP contribution < -0.4 is 5.32 Å². The fraction of sp³-hybridized carbons (Fsp3) is 0.357. The van der Waals surface area contributed by atoms with Crippen molar-refractivity contribution in [1.82, 2.24) is 9.78 Å². The van der Waals surface area contributed by atoms with Crippen molar-refractivity contribution >= 4 is 28.9 Å². The summed E-state index contributed by atoms with van der Waals surface area (Å²) in [5.74, 6) is -1.14. The van der Waals surface area contributed by atoms with Crippen molar-refractivity contribution in [2.75, 3.05) is 5.32 Å². The van der Waals surface area contributed by atoms with E-state index in [1.807, 2.05) is 19.1 Å². The third kappa shape index (κ3) is 3.49. The number of anilines is 1. The van der Waals surface area contributed by atoms with Crippen molar-refractivity contribution in [3.05, 3.63) is 34.3 Å². The third-order valence-corrected chi connectivity index (χ3v) is 4.09. The number of nitrogens with zero attached hydrogens (tertiary/aromatic N) is 2. The van der Waals surface area contributed by atoms with E-state index in [4.69, 9.17) is 5.11 Å². The molecule has 0 aliphatic carbocycles. The number of rotatable bonds is 5. The Labute approximate surface area is 126 Å². The topological polar surface area (TPSA) is 84.2 Å². The van der Waals surface area contributed by atoms with Crippen molar-refractivity contribution in [2.24, 2.45) is 0 Å². The van der Waals surface area contributed by atoms with Gasteiger partial charge in [0.25, 0.3) is 0 Å². The molecule has 0 fully saturated rings. The number of hydrogen-bond acceptors (Lipinski definition) is 4. The van der Waals surface area contributed by atoms with Crippen LogP contribution in [-0.4, -0.2) is 26.8 Å². The number of hydrogen-bond donors (Lipinski definition) is 2. The van der Waals surface area contributed by atoms with Gasteiger partial charge in [0.2, 0.25) is 5.91 Å². The lowest BCUT2D eigenvalue weighted by molar-refractivity contribution is -0.146. The van der Waals surface area contributed by atoms with Crippen LogP contribution in [-0.2, 0) is 21.5 Å². The van der Waals surface area contributed by atoms with E-state index in [0.717, 1.165) is 9.75 Å². The number of amides is 1. The molecule has 6 nitrogen and oxygen atoms in total. The summed E-state index contributed by atoms with van der Waals surface area (Å²) in [6.07, 6.45) is 3.26. The number of carboxylic acids is 1. The normalized spacial score (nSPS) is 11.4. The quantitative estimate of drug-likeness (QED) is 0.887. The zero-order valence-electron chi connectivity index (χ0n) is 12.1. The molecule has 0 aromatic carbocycles. The summed E-state index contributed by atoms with van der Waals surface area (Å²) in [4.78, 5) is 25.2. The van der Waals surface area contributed by atoms with Crippen LogP contribution in [0.2, 0.25) is 0 Å². The summed E-state index contributed by atoms with van der Waals surface area (Å²) in [7, 11) is 0. The van der Waals surface area contributed by atoms with Gasteiger partial charge in [-0.25, -0.2) is 4.79 Å². The molecule has 0 atom stereocenters. The average Bonchev–Trinajstić information content (AvgIpc) is 2.99. The molecule has 1 amide bonds. The first-order valence-electron chi connectivity index (χ1n) is 6.43. The van der Waals surface area contributed by atoms with E-state index in [1.54, 1.807) is 25.2 Å². The molecule has 0 spiro atoms. The SMILES string of the molecule is Cc1ccc(CC(=O)Nc2cnn(C(C)(C)C(=O)O)c2)s1. The second-order valence-electron chi connectivity index (χ2n) is 5.28. The van der Waals surface area contributed by atoms with E-state index in [-0.39, 0.29) is 5.91 Å². The van der Waals surface area contributed by atoms with Gasteiger partial charge < -0.3 is 10.4 Å². The van der Waals surface area contributed by atoms with Crippen LogP contribution in [0.4, 0.5) is 5.69 Å².